The molecule has 1 heterocycles. The molecule has 2 aliphatic rings. The molecule has 3 rings (SSSR count). The van der Waals surface area contributed by atoms with E-state index in [1.807, 2.05) is 12.1 Å². The Bertz CT molecular complexity index is 638. The summed E-state index contributed by atoms with van der Waals surface area (Å²) in [6.07, 6.45) is 5.88. The molecule has 1 aliphatic carbocycles. The number of quaternary nitrogens is 1. The van der Waals surface area contributed by atoms with Gasteiger partial charge in [0.2, 0.25) is 5.91 Å². The number of rotatable bonds is 6. The van der Waals surface area contributed by atoms with Crippen LogP contribution in [0, 0.1) is 5.92 Å². The number of fused-ring (bicyclic) bond motifs is 1. The van der Waals surface area contributed by atoms with E-state index in [1.165, 1.54) is 24.0 Å². The van der Waals surface area contributed by atoms with Crippen LogP contribution in [0.15, 0.2) is 24.3 Å². The molecule has 1 saturated carbocycles. The van der Waals surface area contributed by atoms with Crippen molar-refractivity contribution >= 4 is 11.8 Å². The Balaban J connectivity index is 1.60. The largest absolute Gasteiger partial charge is 0.352 e. The number of nitrogens with two attached hydrogens (primary N) is 1. The lowest BCUT2D eigenvalue weighted by atomic mass is 9.95. The van der Waals surface area contributed by atoms with Gasteiger partial charge >= 0.3 is 0 Å². The van der Waals surface area contributed by atoms with Gasteiger partial charge in [-0.1, -0.05) is 51.0 Å². The van der Waals surface area contributed by atoms with Gasteiger partial charge in [-0.2, -0.15) is 0 Å². The third-order valence-corrected chi connectivity index (χ3v) is 5.56. The van der Waals surface area contributed by atoms with Gasteiger partial charge in [-0.25, -0.2) is 0 Å². The first-order chi connectivity index (χ1) is 12.5. The maximum absolute atomic E-state index is 12.8. The van der Waals surface area contributed by atoms with E-state index in [0.29, 0.717) is 12.3 Å². The number of amides is 2. The molecule has 0 unspecified atom stereocenters. The van der Waals surface area contributed by atoms with E-state index in [9.17, 15) is 9.59 Å². The van der Waals surface area contributed by atoms with Crippen molar-refractivity contribution < 1.29 is 14.9 Å². The molecular formula is C21H32N3O2+. The van der Waals surface area contributed by atoms with Crippen LogP contribution >= 0.6 is 0 Å². The second-order valence-corrected chi connectivity index (χ2v) is 8.20. The summed E-state index contributed by atoms with van der Waals surface area (Å²) in [5.41, 5.74) is 2.54. The Morgan fingerprint density at radius 2 is 1.85 bits per heavy atom. The van der Waals surface area contributed by atoms with E-state index in [1.54, 1.807) is 0 Å². The lowest BCUT2D eigenvalue weighted by Crippen LogP contribution is -2.93. The van der Waals surface area contributed by atoms with Gasteiger partial charge in [-0.05, 0) is 30.7 Å². The van der Waals surface area contributed by atoms with E-state index in [4.69, 9.17) is 0 Å². The number of carbonyl (C=O) groups excluding carboxylic acids is 2. The highest BCUT2D eigenvalue weighted by Gasteiger charge is 2.32. The van der Waals surface area contributed by atoms with E-state index in [0.717, 1.165) is 25.8 Å². The van der Waals surface area contributed by atoms with E-state index >= 15 is 0 Å². The van der Waals surface area contributed by atoms with Crippen LogP contribution in [0.25, 0.3) is 0 Å². The summed E-state index contributed by atoms with van der Waals surface area (Å²) in [6, 6.07) is 7.97. The highest BCUT2D eigenvalue weighted by atomic mass is 16.2. The number of hydrogen-bond acceptors (Lipinski definition) is 2. The summed E-state index contributed by atoms with van der Waals surface area (Å²) < 4.78 is 0. The molecule has 4 N–H and O–H groups in total. The topological polar surface area (TPSA) is 74.8 Å². The van der Waals surface area contributed by atoms with Crippen LogP contribution < -0.4 is 16.0 Å². The Kier molecular flexibility index (Phi) is 6.30. The number of nitrogens with one attached hydrogen (secondary N) is 2. The molecular weight excluding hydrogens is 326 g/mol. The van der Waals surface area contributed by atoms with Crippen molar-refractivity contribution in [1.29, 1.82) is 0 Å². The van der Waals surface area contributed by atoms with Crippen LogP contribution in [0.1, 0.15) is 57.1 Å². The van der Waals surface area contributed by atoms with Crippen LogP contribution in [0.3, 0.4) is 0 Å². The van der Waals surface area contributed by atoms with Crippen molar-refractivity contribution in [2.75, 3.05) is 0 Å². The average Bonchev–Trinajstić information content (AvgIpc) is 3.13. The fourth-order valence-electron chi connectivity index (χ4n) is 4.10. The summed E-state index contributed by atoms with van der Waals surface area (Å²) in [6.45, 7) is 4.99. The van der Waals surface area contributed by atoms with Gasteiger partial charge < -0.3 is 16.0 Å². The fourth-order valence-corrected chi connectivity index (χ4v) is 4.10. The van der Waals surface area contributed by atoms with Crippen molar-refractivity contribution in [3.8, 4) is 0 Å². The third-order valence-electron chi connectivity index (χ3n) is 5.56. The fraction of sp³-hybridized carbons (Fsp3) is 0.619. The quantitative estimate of drug-likeness (QED) is 0.716. The summed E-state index contributed by atoms with van der Waals surface area (Å²) in [4.78, 5) is 25.5. The smallest absolute Gasteiger partial charge is 0.279 e. The molecule has 142 valence electrons. The van der Waals surface area contributed by atoms with Crippen molar-refractivity contribution in [2.45, 2.75) is 77.0 Å². The van der Waals surface area contributed by atoms with Gasteiger partial charge in [0.25, 0.3) is 5.91 Å². The van der Waals surface area contributed by atoms with Gasteiger partial charge in [0.05, 0.1) is 0 Å². The molecule has 1 aromatic rings. The zero-order valence-electron chi connectivity index (χ0n) is 16.0. The maximum atomic E-state index is 12.8. The van der Waals surface area contributed by atoms with Crippen molar-refractivity contribution in [3.63, 3.8) is 0 Å². The Morgan fingerprint density at radius 1 is 1.15 bits per heavy atom. The molecule has 2 atom stereocenters. The Morgan fingerprint density at radius 3 is 2.54 bits per heavy atom. The molecule has 1 aromatic carbocycles. The van der Waals surface area contributed by atoms with Crippen molar-refractivity contribution in [2.24, 2.45) is 5.92 Å². The van der Waals surface area contributed by atoms with Crippen LogP contribution in [0.4, 0.5) is 0 Å². The molecule has 5 heteroatoms. The van der Waals surface area contributed by atoms with Crippen LogP contribution in [-0.4, -0.2) is 29.9 Å². The average molecular weight is 359 g/mol. The molecule has 5 nitrogen and oxygen atoms in total. The molecule has 0 aromatic heterocycles. The summed E-state index contributed by atoms with van der Waals surface area (Å²) >= 11 is 0. The normalized spacial score (nSPS) is 21.3. The summed E-state index contributed by atoms with van der Waals surface area (Å²) in [5, 5.41) is 8.27. The zero-order chi connectivity index (χ0) is 18.5. The van der Waals surface area contributed by atoms with E-state index < -0.39 is 6.04 Å². The summed E-state index contributed by atoms with van der Waals surface area (Å²) in [7, 11) is 0. The molecule has 0 saturated heterocycles. The summed E-state index contributed by atoms with van der Waals surface area (Å²) in [5.74, 6) is 0.313. The van der Waals surface area contributed by atoms with Gasteiger partial charge in [-0.3, -0.25) is 9.59 Å². The van der Waals surface area contributed by atoms with Gasteiger partial charge in [0.15, 0.2) is 6.04 Å². The standard InChI is InChI=1S/C21H31N3O2/c1-14(2)11-19(21(26)23-17-9-5-6-10-17)24-20(25)18-12-15-7-3-4-8-16(15)13-22-18/h3-4,7-8,14,17-19,22H,5-6,9-13H2,1-2H3,(H,23,26)(H,24,25)/p+1/t18-,19-/m0/s1. The maximum Gasteiger partial charge on any atom is 0.279 e. The first kappa shape index (κ1) is 18.9. The molecule has 1 fully saturated rings. The first-order valence-electron chi connectivity index (χ1n) is 10.0. The van der Waals surface area contributed by atoms with Crippen LogP contribution in [0.5, 0.6) is 0 Å². The monoisotopic (exact) mass is 358 g/mol. The third kappa shape index (κ3) is 4.85. The van der Waals surface area contributed by atoms with E-state index in [2.05, 4.69) is 41.9 Å². The zero-order valence-corrected chi connectivity index (χ0v) is 16.0. The van der Waals surface area contributed by atoms with Gasteiger partial charge in [-0.15, -0.1) is 0 Å². The molecule has 2 amide bonds. The second-order valence-electron chi connectivity index (χ2n) is 8.20. The lowest BCUT2D eigenvalue weighted by Gasteiger charge is -2.26. The minimum absolute atomic E-state index is 0.0184. The molecule has 0 radical (unpaired) electrons. The van der Waals surface area contributed by atoms with Crippen LogP contribution in [0.2, 0.25) is 0 Å². The SMILES string of the molecule is CC(C)C[C@H](NC(=O)[C@@H]1Cc2ccccc2C[NH2+]1)C(=O)NC1CCCC1. The van der Waals surface area contributed by atoms with E-state index in [-0.39, 0.29) is 23.9 Å². The number of carbonyl (C=O) groups is 2. The number of hydrogen-bond donors (Lipinski definition) is 3. The molecule has 26 heavy (non-hydrogen) atoms. The van der Waals surface area contributed by atoms with Crippen LogP contribution in [-0.2, 0) is 22.6 Å². The highest BCUT2D eigenvalue weighted by Crippen LogP contribution is 2.18. The van der Waals surface area contributed by atoms with Gasteiger partial charge in [0.1, 0.15) is 12.6 Å². The lowest BCUT2D eigenvalue weighted by molar-refractivity contribution is -0.695. The predicted octanol–water partition coefficient (Wildman–Crippen LogP) is 1.26. The highest BCUT2D eigenvalue weighted by molar-refractivity contribution is 5.89. The Labute approximate surface area is 156 Å². The van der Waals surface area contributed by atoms with Gasteiger partial charge in [0, 0.05) is 18.0 Å². The minimum Gasteiger partial charge on any atom is -0.352 e. The molecule has 1 aliphatic heterocycles. The second kappa shape index (κ2) is 8.67. The molecule has 0 spiro atoms. The predicted molar refractivity (Wildman–Crippen MR) is 101 cm³/mol. The van der Waals surface area contributed by atoms with Crippen molar-refractivity contribution in [1.82, 2.24) is 10.6 Å². The Hall–Kier alpha value is -1.88. The first-order valence-corrected chi connectivity index (χ1v) is 10.0. The molecule has 0 bridgehead atoms. The number of benzene rings is 1. The minimum atomic E-state index is -0.436. The van der Waals surface area contributed by atoms with Crippen molar-refractivity contribution in [3.05, 3.63) is 35.4 Å².